The molecule has 0 aliphatic heterocycles. The zero-order chi connectivity index (χ0) is 55.0. The molecule has 0 radical (unpaired) electrons. The Morgan fingerprint density at radius 1 is 0.276 bits per heavy atom. The number of ether oxygens (including phenoxy) is 3. The van der Waals surface area contributed by atoms with Crippen LogP contribution in [0.3, 0.4) is 0 Å². The predicted octanol–water partition coefficient (Wildman–Crippen LogP) is 21.8. The summed E-state index contributed by atoms with van der Waals surface area (Å²) >= 11 is 0. The maximum absolute atomic E-state index is 12.9. The van der Waals surface area contributed by atoms with Gasteiger partial charge in [-0.1, -0.05) is 265 Å². The van der Waals surface area contributed by atoms with Crippen molar-refractivity contribution in [1.82, 2.24) is 0 Å². The van der Waals surface area contributed by atoms with Gasteiger partial charge >= 0.3 is 17.9 Å². The van der Waals surface area contributed by atoms with Gasteiger partial charge in [-0.05, 0) is 122 Å². The lowest BCUT2D eigenvalue weighted by molar-refractivity contribution is -0.167. The second-order valence-electron chi connectivity index (χ2n) is 20.9. The second kappa shape index (κ2) is 63.6. The maximum atomic E-state index is 12.9. The molecule has 0 fully saturated rings. The molecule has 0 aromatic rings. The summed E-state index contributed by atoms with van der Waals surface area (Å²) in [5, 5.41) is 0. The molecule has 1 unspecified atom stereocenters. The minimum Gasteiger partial charge on any atom is -0.462 e. The Kier molecular flexibility index (Phi) is 60.3. The van der Waals surface area contributed by atoms with Crippen molar-refractivity contribution in [3.63, 3.8) is 0 Å². The minimum atomic E-state index is -0.796. The SMILES string of the molecule is CC/C=C\C/C=C\C/C=C\C/C=C\CCCCCCCCCCCCCCCCC(=O)OCC(COC(=O)CCCCC/C=C\C/C=C\C/C=C\CC)OC(=O)CCCCCCCCC/C=C\C/C=C\CCCCCC. The van der Waals surface area contributed by atoms with Crippen LogP contribution in [0.1, 0.15) is 297 Å². The van der Waals surface area contributed by atoms with Crippen LogP contribution in [0.5, 0.6) is 0 Å². The molecule has 0 N–H and O–H groups in total. The first-order valence-corrected chi connectivity index (χ1v) is 31.9. The molecule has 0 aromatic heterocycles. The molecular weight excluding hydrogens is 937 g/mol. The van der Waals surface area contributed by atoms with Crippen molar-refractivity contribution in [3.8, 4) is 0 Å². The Bertz CT molecular complexity index is 1540. The van der Waals surface area contributed by atoms with Gasteiger partial charge in [0.05, 0.1) is 0 Å². The van der Waals surface area contributed by atoms with Crippen molar-refractivity contribution in [2.24, 2.45) is 0 Å². The molecule has 0 heterocycles. The summed E-state index contributed by atoms with van der Waals surface area (Å²) in [5.74, 6) is -0.923. The molecule has 0 rings (SSSR count). The molecule has 0 aliphatic rings. The monoisotopic (exact) mass is 1050 g/mol. The van der Waals surface area contributed by atoms with Crippen LogP contribution in [-0.2, 0) is 28.6 Å². The van der Waals surface area contributed by atoms with E-state index >= 15 is 0 Å². The number of carbonyl (C=O) groups is 3. The summed E-state index contributed by atoms with van der Waals surface area (Å²) in [7, 11) is 0. The van der Waals surface area contributed by atoms with Gasteiger partial charge in [0.1, 0.15) is 13.2 Å². The van der Waals surface area contributed by atoms with Crippen molar-refractivity contribution in [2.45, 2.75) is 303 Å². The third-order valence-electron chi connectivity index (χ3n) is 13.5. The van der Waals surface area contributed by atoms with Gasteiger partial charge in [0, 0.05) is 19.3 Å². The molecule has 6 nitrogen and oxygen atoms in total. The third-order valence-corrected chi connectivity index (χ3v) is 13.5. The number of allylic oxidation sites excluding steroid dienone is 18. The molecule has 0 bridgehead atoms. The van der Waals surface area contributed by atoms with E-state index in [-0.39, 0.29) is 31.1 Å². The summed E-state index contributed by atoms with van der Waals surface area (Å²) in [6.07, 6.45) is 86.7. The van der Waals surface area contributed by atoms with E-state index in [9.17, 15) is 14.4 Å². The van der Waals surface area contributed by atoms with Crippen LogP contribution in [0, 0.1) is 0 Å². The predicted molar refractivity (Wildman–Crippen MR) is 330 cm³/mol. The second-order valence-corrected chi connectivity index (χ2v) is 20.9. The van der Waals surface area contributed by atoms with Crippen molar-refractivity contribution >= 4 is 17.9 Å². The van der Waals surface area contributed by atoms with Gasteiger partial charge in [0.2, 0.25) is 0 Å². The Labute approximate surface area is 470 Å². The van der Waals surface area contributed by atoms with Crippen molar-refractivity contribution in [3.05, 3.63) is 109 Å². The van der Waals surface area contributed by atoms with Crippen LogP contribution in [-0.4, -0.2) is 37.2 Å². The maximum Gasteiger partial charge on any atom is 0.306 e. The number of hydrogen-bond acceptors (Lipinski definition) is 6. The first kappa shape index (κ1) is 72.1. The molecule has 0 aromatic carbocycles. The Hall–Kier alpha value is -3.93. The lowest BCUT2D eigenvalue weighted by Gasteiger charge is -2.18. The van der Waals surface area contributed by atoms with E-state index < -0.39 is 6.10 Å². The number of carbonyl (C=O) groups excluding carboxylic acids is 3. The van der Waals surface area contributed by atoms with Gasteiger partial charge in [0.15, 0.2) is 6.10 Å². The molecule has 1 atom stereocenters. The van der Waals surface area contributed by atoms with E-state index in [0.29, 0.717) is 19.3 Å². The Morgan fingerprint density at radius 2 is 0.513 bits per heavy atom. The van der Waals surface area contributed by atoms with Gasteiger partial charge in [0.25, 0.3) is 0 Å². The van der Waals surface area contributed by atoms with Crippen molar-refractivity contribution in [2.75, 3.05) is 13.2 Å². The quantitative estimate of drug-likeness (QED) is 0.0261. The van der Waals surface area contributed by atoms with Crippen LogP contribution in [0.15, 0.2) is 109 Å². The van der Waals surface area contributed by atoms with Crippen LogP contribution in [0.25, 0.3) is 0 Å². The topological polar surface area (TPSA) is 78.9 Å². The van der Waals surface area contributed by atoms with E-state index in [1.807, 2.05) is 0 Å². The number of rotatable bonds is 57. The van der Waals surface area contributed by atoms with Crippen LogP contribution in [0.2, 0.25) is 0 Å². The van der Waals surface area contributed by atoms with Gasteiger partial charge in [-0.15, -0.1) is 0 Å². The largest absolute Gasteiger partial charge is 0.462 e. The number of esters is 3. The summed E-state index contributed by atoms with van der Waals surface area (Å²) in [4.78, 5) is 38.3. The van der Waals surface area contributed by atoms with E-state index in [2.05, 4.69) is 130 Å². The van der Waals surface area contributed by atoms with Gasteiger partial charge in [-0.2, -0.15) is 0 Å². The van der Waals surface area contributed by atoms with E-state index in [4.69, 9.17) is 14.2 Å². The lowest BCUT2D eigenvalue weighted by Crippen LogP contribution is -2.30. The van der Waals surface area contributed by atoms with Gasteiger partial charge < -0.3 is 14.2 Å². The molecule has 0 amide bonds. The molecule has 0 saturated carbocycles. The fourth-order valence-corrected chi connectivity index (χ4v) is 8.77. The molecular formula is C70H118O6. The van der Waals surface area contributed by atoms with E-state index in [1.165, 1.54) is 135 Å². The van der Waals surface area contributed by atoms with Crippen LogP contribution < -0.4 is 0 Å². The fraction of sp³-hybridized carbons (Fsp3) is 0.700. The summed E-state index contributed by atoms with van der Waals surface area (Å²) in [5.41, 5.74) is 0. The molecule has 0 spiro atoms. The molecule has 0 aliphatic carbocycles. The van der Waals surface area contributed by atoms with Crippen molar-refractivity contribution in [1.29, 1.82) is 0 Å². The number of unbranched alkanes of at least 4 members (excludes halogenated alkanes) is 28. The summed E-state index contributed by atoms with van der Waals surface area (Å²) in [6, 6.07) is 0. The smallest absolute Gasteiger partial charge is 0.306 e. The first-order valence-electron chi connectivity index (χ1n) is 31.9. The summed E-state index contributed by atoms with van der Waals surface area (Å²) < 4.78 is 16.9. The highest BCUT2D eigenvalue weighted by Gasteiger charge is 2.19. The fourth-order valence-electron chi connectivity index (χ4n) is 8.77. The highest BCUT2D eigenvalue weighted by Crippen LogP contribution is 2.16. The van der Waals surface area contributed by atoms with Gasteiger partial charge in [-0.3, -0.25) is 14.4 Å². The van der Waals surface area contributed by atoms with Crippen LogP contribution in [0.4, 0.5) is 0 Å². The minimum absolute atomic E-state index is 0.0908. The Morgan fingerprint density at radius 3 is 0.816 bits per heavy atom. The third kappa shape index (κ3) is 60.9. The first-order chi connectivity index (χ1) is 37.5. The highest BCUT2D eigenvalue weighted by atomic mass is 16.6. The zero-order valence-corrected chi connectivity index (χ0v) is 49.7. The highest BCUT2D eigenvalue weighted by molar-refractivity contribution is 5.71. The molecule has 6 heteroatoms. The zero-order valence-electron chi connectivity index (χ0n) is 49.7. The van der Waals surface area contributed by atoms with Gasteiger partial charge in [-0.25, -0.2) is 0 Å². The lowest BCUT2D eigenvalue weighted by atomic mass is 10.0. The molecule has 0 saturated heterocycles. The standard InChI is InChI=1S/C70H118O6/c1-4-7-10-13-16-19-22-25-27-29-31-32-33-34-35-36-37-38-39-41-42-45-48-51-54-57-60-63-69(72)75-66-67(65-74-68(71)62-59-56-53-50-47-44-24-21-18-15-12-9-6-3)76-70(73)64-61-58-55-52-49-46-43-40-30-28-26-23-20-17-14-11-8-5-2/h7,9-10,12,16,18-21,23,25,27-28,30-32,44,47,67H,4-6,8,11,13-15,17,22,24,26,29,33-43,45-46,48-66H2,1-3H3/b10-7-,12-9-,19-16-,21-18-,23-20-,27-25-,30-28-,32-31-,47-44-. The average molecular weight is 1060 g/mol. The Balaban J connectivity index is 4.30. The molecule has 76 heavy (non-hydrogen) atoms. The van der Waals surface area contributed by atoms with E-state index in [0.717, 1.165) is 122 Å². The normalized spacial score (nSPS) is 12.8. The summed E-state index contributed by atoms with van der Waals surface area (Å²) in [6.45, 7) is 6.38. The molecule has 434 valence electrons. The van der Waals surface area contributed by atoms with E-state index in [1.54, 1.807) is 0 Å². The number of hydrogen-bond donors (Lipinski definition) is 0. The average Bonchev–Trinajstić information content (AvgIpc) is 3.42. The van der Waals surface area contributed by atoms with Crippen molar-refractivity contribution < 1.29 is 28.6 Å². The van der Waals surface area contributed by atoms with Crippen LogP contribution >= 0.6 is 0 Å².